The van der Waals surface area contributed by atoms with Crippen molar-refractivity contribution in [1.82, 2.24) is 4.98 Å². The first-order valence-electron chi connectivity index (χ1n) is 5.84. The summed E-state index contributed by atoms with van der Waals surface area (Å²) in [5.74, 6) is -0.858. The molecule has 19 heavy (non-hydrogen) atoms. The maximum absolute atomic E-state index is 10.9. The number of carboxylic acids is 1. The van der Waals surface area contributed by atoms with Gasteiger partial charge in [0.25, 0.3) is 0 Å². The van der Waals surface area contributed by atoms with E-state index in [1.165, 1.54) is 0 Å². The molecule has 0 fully saturated rings. The van der Waals surface area contributed by atoms with Crippen LogP contribution in [0.1, 0.15) is 11.1 Å². The molecule has 0 saturated heterocycles. The quantitative estimate of drug-likeness (QED) is 0.734. The Kier molecular flexibility index (Phi) is 2.46. The van der Waals surface area contributed by atoms with Gasteiger partial charge in [0.05, 0.1) is 23.6 Å². The van der Waals surface area contributed by atoms with Crippen LogP contribution in [0.3, 0.4) is 0 Å². The van der Waals surface area contributed by atoms with Crippen molar-refractivity contribution >= 4 is 27.8 Å². The number of aliphatic carboxylic acids is 1. The van der Waals surface area contributed by atoms with Crippen LogP contribution in [0.2, 0.25) is 0 Å². The number of H-pyrrole nitrogens is 1. The van der Waals surface area contributed by atoms with Crippen LogP contribution in [0, 0.1) is 11.3 Å². The van der Waals surface area contributed by atoms with Gasteiger partial charge in [0.15, 0.2) is 0 Å². The predicted molar refractivity (Wildman–Crippen MR) is 71.9 cm³/mol. The Hall–Kier alpha value is -2.80. The van der Waals surface area contributed by atoms with E-state index in [9.17, 15) is 4.79 Å². The first kappa shape index (κ1) is 11.3. The van der Waals surface area contributed by atoms with Crippen molar-refractivity contribution in [3.8, 4) is 6.07 Å². The number of nitrogens with one attached hydrogen (secondary N) is 1. The lowest BCUT2D eigenvalue weighted by atomic mass is 10.1. The van der Waals surface area contributed by atoms with Crippen LogP contribution in [0.25, 0.3) is 21.8 Å². The fourth-order valence-corrected chi connectivity index (χ4v) is 2.36. The van der Waals surface area contributed by atoms with Gasteiger partial charge in [-0.15, -0.1) is 0 Å². The molecule has 0 atom stereocenters. The first-order valence-corrected chi connectivity index (χ1v) is 5.84. The number of carboxylic acid groups (broad SMARTS) is 1. The van der Waals surface area contributed by atoms with Crippen LogP contribution in [0.15, 0.2) is 36.4 Å². The summed E-state index contributed by atoms with van der Waals surface area (Å²) in [6.45, 7) is 0. The molecule has 1 heterocycles. The van der Waals surface area contributed by atoms with Gasteiger partial charge in [0.2, 0.25) is 0 Å². The number of rotatable bonds is 2. The van der Waals surface area contributed by atoms with E-state index in [4.69, 9.17) is 10.4 Å². The summed E-state index contributed by atoms with van der Waals surface area (Å²) in [7, 11) is 0. The van der Waals surface area contributed by atoms with E-state index in [0.717, 1.165) is 27.4 Å². The normalized spacial score (nSPS) is 10.7. The maximum atomic E-state index is 10.9. The lowest BCUT2D eigenvalue weighted by Crippen LogP contribution is -2.00. The summed E-state index contributed by atoms with van der Waals surface area (Å²) >= 11 is 0. The van der Waals surface area contributed by atoms with Crippen LogP contribution in [0.5, 0.6) is 0 Å². The minimum absolute atomic E-state index is 0.0186. The van der Waals surface area contributed by atoms with Crippen LogP contribution in [-0.4, -0.2) is 16.1 Å². The third kappa shape index (κ3) is 1.81. The van der Waals surface area contributed by atoms with Crippen molar-refractivity contribution in [3.05, 3.63) is 47.5 Å². The smallest absolute Gasteiger partial charge is 0.307 e. The zero-order valence-electron chi connectivity index (χ0n) is 9.97. The monoisotopic (exact) mass is 250 g/mol. The average Bonchev–Trinajstić information content (AvgIpc) is 2.77. The first-order chi connectivity index (χ1) is 9.19. The molecule has 4 heteroatoms. The van der Waals surface area contributed by atoms with E-state index in [0.29, 0.717) is 5.56 Å². The van der Waals surface area contributed by atoms with Gasteiger partial charge in [-0.25, -0.2) is 0 Å². The van der Waals surface area contributed by atoms with Gasteiger partial charge in [0.1, 0.15) is 0 Å². The van der Waals surface area contributed by atoms with E-state index >= 15 is 0 Å². The van der Waals surface area contributed by atoms with Gasteiger partial charge in [-0.05, 0) is 23.8 Å². The Morgan fingerprint density at radius 2 is 2.11 bits per heavy atom. The fraction of sp³-hybridized carbons (Fsp3) is 0.0667. The summed E-state index contributed by atoms with van der Waals surface area (Å²) in [6, 6.07) is 13.1. The zero-order chi connectivity index (χ0) is 13.4. The van der Waals surface area contributed by atoms with Crippen molar-refractivity contribution < 1.29 is 9.90 Å². The molecule has 3 aromatic rings. The summed E-state index contributed by atoms with van der Waals surface area (Å²) in [6.07, 6.45) is -0.0186. The summed E-state index contributed by atoms with van der Waals surface area (Å²) < 4.78 is 0. The Morgan fingerprint density at radius 1 is 1.26 bits per heavy atom. The number of aromatic nitrogens is 1. The fourth-order valence-electron chi connectivity index (χ4n) is 2.36. The van der Waals surface area contributed by atoms with Gasteiger partial charge in [-0.1, -0.05) is 18.2 Å². The third-order valence-corrected chi connectivity index (χ3v) is 3.19. The molecule has 0 saturated carbocycles. The molecule has 0 aliphatic carbocycles. The number of carbonyl (C=O) groups is 1. The number of fused-ring (bicyclic) bond motifs is 3. The molecule has 4 nitrogen and oxygen atoms in total. The second-order valence-electron chi connectivity index (χ2n) is 4.41. The van der Waals surface area contributed by atoms with Crippen LogP contribution in [0.4, 0.5) is 0 Å². The van der Waals surface area contributed by atoms with Crippen molar-refractivity contribution in [2.45, 2.75) is 6.42 Å². The predicted octanol–water partition coefficient (Wildman–Crippen LogP) is 2.82. The molecular formula is C15H10N2O2. The molecular weight excluding hydrogens is 240 g/mol. The second-order valence-corrected chi connectivity index (χ2v) is 4.41. The average molecular weight is 250 g/mol. The van der Waals surface area contributed by atoms with Crippen molar-refractivity contribution in [2.24, 2.45) is 0 Å². The second kappa shape index (κ2) is 4.14. The molecule has 2 N–H and O–H groups in total. The van der Waals surface area contributed by atoms with E-state index in [1.807, 2.05) is 24.3 Å². The van der Waals surface area contributed by atoms with Crippen molar-refractivity contribution in [1.29, 1.82) is 5.26 Å². The number of benzene rings is 2. The SMILES string of the molecule is N#Cc1ccc2[nH]c3c(CC(=O)O)cccc3c2c1. The highest BCUT2D eigenvalue weighted by Gasteiger charge is 2.10. The highest BCUT2D eigenvalue weighted by molar-refractivity contribution is 6.09. The molecule has 2 aromatic carbocycles. The Morgan fingerprint density at radius 3 is 2.84 bits per heavy atom. The molecule has 0 bridgehead atoms. The number of hydrogen-bond donors (Lipinski definition) is 2. The molecule has 92 valence electrons. The van der Waals surface area contributed by atoms with Gasteiger partial charge >= 0.3 is 5.97 Å². The Bertz CT molecular complexity index is 840. The van der Waals surface area contributed by atoms with Crippen molar-refractivity contribution in [2.75, 3.05) is 0 Å². The number of hydrogen-bond acceptors (Lipinski definition) is 2. The number of para-hydroxylation sites is 1. The minimum Gasteiger partial charge on any atom is -0.481 e. The molecule has 0 aliphatic heterocycles. The highest BCUT2D eigenvalue weighted by Crippen LogP contribution is 2.28. The van der Waals surface area contributed by atoms with Gasteiger partial charge in [-0.2, -0.15) is 5.26 Å². The Balaban J connectivity index is 2.34. The Labute approximate surface area is 108 Å². The van der Waals surface area contributed by atoms with Gasteiger partial charge in [0, 0.05) is 16.3 Å². The third-order valence-electron chi connectivity index (χ3n) is 3.19. The minimum atomic E-state index is -0.858. The summed E-state index contributed by atoms with van der Waals surface area (Å²) in [5.41, 5.74) is 3.08. The molecule has 0 aliphatic rings. The maximum Gasteiger partial charge on any atom is 0.307 e. The lowest BCUT2D eigenvalue weighted by molar-refractivity contribution is -0.136. The largest absolute Gasteiger partial charge is 0.481 e. The van der Waals surface area contributed by atoms with Gasteiger partial charge in [-0.3, -0.25) is 4.79 Å². The molecule has 0 unspecified atom stereocenters. The van der Waals surface area contributed by atoms with E-state index < -0.39 is 5.97 Å². The van der Waals surface area contributed by atoms with Crippen LogP contribution in [-0.2, 0) is 11.2 Å². The van der Waals surface area contributed by atoms with Crippen molar-refractivity contribution in [3.63, 3.8) is 0 Å². The molecule has 0 amide bonds. The van der Waals surface area contributed by atoms with Crippen LogP contribution < -0.4 is 0 Å². The number of aromatic amines is 1. The zero-order valence-corrected chi connectivity index (χ0v) is 9.97. The summed E-state index contributed by atoms with van der Waals surface area (Å²) in [4.78, 5) is 14.1. The van der Waals surface area contributed by atoms with Gasteiger partial charge < -0.3 is 10.1 Å². The molecule has 1 aromatic heterocycles. The highest BCUT2D eigenvalue weighted by atomic mass is 16.4. The number of nitriles is 1. The standard InChI is InChI=1S/C15H10N2O2/c16-8-9-4-5-13-12(6-9)11-3-1-2-10(7-14(18)19)15(11)17-13/h1-6,17H,7H2,(H,18,19). The number of nitrogens with zero attached hydrogens (tertiary/aromatic N) is 1. The van der Waals surface area contributed by atoms with E-state index in [2.05, 4.69) is 11.1 Å². The van der Waals surface area contributed by atoms with E-state index in [-0.39, 0.29) is 6.42 Å². The topological polar surface area (TPSA) is 76.9 Å². The lowest BCUT2D eigenvalue weighted by Gasteiger charge is -1.99. The molecule has 0 radical (unpaired) electrons. The van der Waals surface area contributed by atoms with Crippen LogP contribution >= 0.6 is 0 Å². The summed E-state index contributed by atoms with van der Waals surface area (Å²) in [5, 5.41) is 19.8. The molecule has 3 rings (SSSR count). The molecule has 0 spiro atoms. The van der Waals surface area contributed by atoms with E-state index in [1.54, 1.807) is 12.1 Å².